The van der Waals surface area contributed by atoms with Crippen molar-refractivity contribution in [2.45, 2.75) is 25.7 Å². The maximum atomic E-state index is 15.1. The number of carbonyl (C=O) groups is 3. The van der Waals surface area contributed by atoms with E-state index < -0.39 is 17.6 Å². The normalized spacial score (nSPS) is 19.3. The fraction of sp³-hybridized carbons (Fsp3) is 0.316. The van der Waals surface area contributed by atoms with Crippen LogP contribution in [0.4, 0.5) is 15.8 Å². The van der Waals surface area contributed by atoms with Gasteiger partial charge in [-0.2, -0.15) is 0 Å². The SMILES string of the molecule is C#CCN1C(=O)COc2c1ccc(N1C(=O)C3=C(CCCC3)C1=O)c2F. The van der Waals surface area contributed by atoms with Gasteiger partial charge in [0.15, 0.2) is 18.2 Å². The second-order valence-corrected chi connectivity index (χ2v) is 6.33. The van der Waals surface area contributed by atoms with Gasteiger partial charge in [-0.15, -0.1) is 6.42 Å². The molecule has 0 aromatic heterocycles. The number of hydrogen-bond acceptors (Lipinski definition) is 4. The van der Waals surface area contributed by atoms with Crippen molar-refractivity contribution in [3.05, 3.63) is 29.1 Å². The molecule has 132 valence electrons. The number of nitrogens with zero attached hydrogens (tertiary/aromatic N) is 2. The van der Waals surface area contributed by atoms with Gasteiger partial charge in [-0.1, -0.05) is 5.92 Å². The quantitative estimate of drug-likeness (QED) is 0.601. The molecular weight excluding hydrogens is 339 g/mol. The highest BCUT2D eigenvalue weighted by molar-refractivity contribution is 6.33. The van der Waals surface area contributed by atoms with Crippen LogP contribution in [0.15, 0.2) is 23.3 Å². The second-order valence-electron chi connectivity index (χ2n) is 6.33. The number of rotatable bonds is 2. The Kier molecular flexibility index (Phi) is 3.76. The van der Waals surface area contributed by atoms with Crippen molar-refractivity contribution < 1.29 is 23.5 Å². The van der Waals surface area contributed by atoms with Crippen LogP contribution >= 0.6 is 0 Å². The van der Waals surface area contributed by atoms with E-state index in [1.165, 1.54) is 17.0 Å². The number of imide groups is 1. The highest BCUT2D eigenvalue weighted by Gasteiger charge is 2.42. The summed E-state index contributed by atoms with van der Waals surface area (Å²) in [5, 5.41) is 0. The number of hydrogen-bond donors (Lipinski definition) is 0. The highest BCUT2D eigenvalue weighted by Crippen LogP contribution is 2.42. The van der Waals surface area contributed by atoms with Crippen LogP contribution in [0.2, 0.25) is 0 Å². The van der Waals surface area contributed by atoms with Crippen LogP contribution in [-0.2, 0) is 14.4 Å². The van der Waals surface area contributed by atoms with Gasteiger partial charge in [-0.05, 0) is 37.8 Å². The number of anilines is 2. The first-order chi connectivity index (χ1) is 12.5. The van der Waals surface area contributed by atoms with Crippen molar-refractivity contribution in [1.29, 1.82) is 0 Å². The summed E-state index contributed by atoms with van der Waals surface area (Å²) < 4.78 is 20.3. The first-order valence-corrected chi connectivity index (χ1v) is 8.34. The molecule has 3 aliphatic rings. The van der Waals surface area contributed by atoms with E-state index in [-0.39, 0.29) is 36.2 Å². The molecule has 0 atom stereocenters. The maximum Gasteiger partial charge on any atom is 0.265 e. The third-order valence-corrected chi connectivity index (χ3v) is 4.87. The van der Waals surface area contributed by atoms with Gasteiger partial charge in [-0.25, -0.2) is 9.29 Å². The number of benzene rings is 1. The van der Waals surface area contributed by atoms with Gasteiger partial charge in [0.25, 0.3) is 17.7 Å². The van der Waals surface area contributed by atoms with E-state index in [0.29, 0.717) is 24.0 Å². The topological polar surface area (TPSA) is 66.9 Å². The van der Waals surface area contributed by atoms with Gasteiger partial charge in [-0.3, -0.25) is 19.3 Å². The Morgan fingerprint density at radius 1 is 1.08 bits per heavy atom. The summed E-state index contributed by atoms with van der Waals surface area (Å²) >= 11 is 0. The lowest BCUT2D eigenvalue weighted by molar-refractivity contribution is -0.122. The Morgan fingerprint density at radius 2 is 1.69 bits per heavy atom. The molecule has 3 amide bonds. The van der Waals surface area contributed by atoms with Crippen LogP contribution < -0.4 is 14.5 Å². The van der Waals surface area contributed by atoms with Gasteiger partial charge in [0, 0.05) is 11.1 Å². The molecule has 0 radical (unpaired) electrons. The lowest BCUT2D eigenvalue weighted by Gasteiger charge is -2.29. The number of fused-ring (bicyclic) bond motifs is 1. The third-order valence-electron chi connectivity index (χ3n) is 4.87. The fourth-order valence-corrected chi connectivity index (χ4v) is 3.63. The fourth-order valence-electron chi connectivity index (χ4n) is 3.63. The molecule has 2 heterocycles. The molecule has 0 saturated heterocycles. The number of carbonyl (C=O) groups excluding carboxylic acids is 3. The molecule has 0 unspecified atom stereocenters. The Bertz CT molecular complexity index is 900. The van der Waals surface area contributed by atoms with Crippen molar-refractivity contribution in [2.24, 2.45) is 0 Å². The van der Waals surface area contributed by atoms with Crippen LogP contribution in [0.5, 0.6) is 5.75 Å². The van der Waals surface area contributed by atoms with Crippen LogP contribution in [0.25, 0.3) is 0 Å². The van der Waals surface area contributed by atoms with Crippen molar-refractivity contribution >= 4 is 29.1 Å². The molecule has 1 aliphatic carbocycles. The van der Waals surface area contributed by atoms with E-state index in [0.717, 1.165) is 17.7 Å². The Balaban J connectivity index is 1.76. The van der Waals surface area contributed by atoms with Gasteiger partial charge >= 0.3 is 0 Å². The summed E-state index contributed by atoms with van der Waals surface area (Å²) in [5.74, 6) is -0.0124. The van der Waals surface area contributed by atoms with Crippen molar-refractivity contribution in [1.82, 2.24) is 0 Å². The monoisotopic (exact) mass is 354 g/mol. The van der Waals surface area contributed by atoms with Gasteiger partial charge in [0.05, 0.1) is 17.9 Å². The first-order valence-electron chi connectivity index (χ1n) is 8.34. The lowest BCUT2D eigenvalue weighted by atomic mass is 9.93. The minimum absolute atomic E-state index is 0.0224. The number of ether oxygens (including phenoxy) is 1. The average molecular weight is 354 g/mol. The van der Waals surface area contributed by atoms with E-state index in [4.69, 9.17) is 11.2 Å². The highest BCUT2D eigenvalue weighted by atomic mass is 19.1. The summed E-state index contributed by atoms with van der Waals surface area (Å²) in [6.07, 6.45) is 8.01. The molecule has 4 rings (SSSR count). The summed E-state index contributed by atoms with van der Waals surface area (Å²) in [6.45, 7) is -0.378. The van der Waals surface area contributed by atoms with E-state index in [1.807, 2.05) is 0 Å². The zero-order valence-electron chi connectivity index (χ0n) is 13.9. The van der Waals surface area contributed by atoms with Crippen LogP contribution in [0, 0.1) is 18.2 Å². The average Bonchev–Trinajstić information content (AvgIpc) is 2.89. The Labute approximate surface area is 149 Å². The van der Waals surface area contributed by atoms with Gasteiger partial charge in [0.2, 0.25) is 0 Å². The first kappa shape index (κ1) is 16.3. The van der Waals surface area contributed by atoms with Crippen LogP contribution in [0.3, 0.4) is 0 Å². The molecule has 0 spiro atoms. The molecule has 0 N–H and O–H groups in total. The predicted molar refractivity (Wildman–Crippen MR) is 91.1 cm³/mol. The molecule has 7 heteroatoms. The molecular formula is C19H15FN2O4. The molecule has 2 aliphatic heterocycles. The zero-order chi connectivity index (χ0) is 18.4. The molecule has 1 aromatic carbocycles. The number of terminal acetylenes is 1. The van der Waals surface area contributed by atoms with Crippen LogP contribution in [0.1, 0.15) is 25.7 Å². The summed E-state index contributed by atoms with van der Waals surface area (Å²) in [7, 11) is 0. The van der Waals surface area contributed by atoms with E-state index in [1.54, 1.807) is 0 Å². The smallest absolute Gasteiger partial charge is 0.265 e. The standard InChI is InChI=1S/C19H15FN2O4/c1-2-9-21-14-8-7-13(16(20)17(14)26-10-15(21)23)22-18(24)11-5-3-4-6-12(11)19(22)25/h1,7-8H,3-6,9-10H2. The molecule has 0 bridgehead atoms. The van der Waals surface area contributed by atoms with E-state index in [2.05, 4.69) is 5.92 Å². The molecule has 1 aromatic rings. The molecule has 26 heavy (non-hydrogen) atoms. The Hall–Kier alpha value is -3.14. The van der Waals surface area contributed by atoms with E-state index >= 15 is 4.39 Å². The Morgan fingerprint density at radius 3 is 2.31 bits per heavy atom. The van der Waals surface area contributed by atoms with Gasteiger partial charge < -0.3 is 4.74 Å². The van der Waals surface area contributed by atoms with E-state index in [9.17, 15) is 14.4 Å². The largest absolute Gasteiger partial charge is 0.478 e. The molecule has 0 saturated carbocycles. The molecule has 0 fully saturated rings. The zero-order valence-corrected chi connectivity index (χ0v) is 13.9. The summed E-state index contributed by atoms with van der Waals surface area (Å²) in [5.41, 5.74) is 0.979. The summed E-state index contributed by atoms with van der Waals surface area (Å²) in [4.78, 5) is 39.3. The van der Waals surface area contributed by atoms with Crippen molar-refractivity contribution in [2.75, 3.05) is 23.0 Å². The third kappa shape index (κ3) is 2.22. The van der Waals surface area contributed by atoms with Crippen molar-refractivity contribution in [3.8, 4) is 18.1 Å². The van der Waals surface area contributed by atoms with Crippen LogP contribution in [-0.4, -0.2) is 30.9 Å². The predicted octanol–water partition coefficient (Wildman–Crippen LogP) is 1.93. The maximum absolute atomic E-state index is 15.1. The minimum atomic E-state index is -0.849. The number of amides is 3. The molecule has 6 nitrogen and oxygen atoms in total. The summed E-state index contributed by atoms with van der Waals surface area (Å²) in [6, 6.07) is 2.76. The van der Waals surface area contributed by atoms with Crippen molar-refractivity contribution in [3.63, 3.8) is 0 Å². The van der Waals surface area contributed by atoms with Gasteiger partial charge in [0.1, 0.15) is 0 Å². The minimum Gasteiger partial charge on any atom is -0.478 e. The second kappa shape index (κ2) is 5.99. The lowest BCUT2D eigenvalue weighted by Crippen LogP contribution is -2.40. The number of halogens is 1.